The highest BCUT2D eigenvalue weighted by molar-refractivity contribution is 5.39. The van der Waals surface area contributed by atoms with E-state index in [9.17, 15) is 5.11 Å². The van der Waals surface area contributed by atoms with E-state index in [1.807, 2.05) is 6.07 Å². The van der Waals surface area contributed by atoms with Crippen LogP contribution in [0, 0.1) is 17.8 Å². The number of hydrogen-bond donors (Lipinski definition) is 1. The van der Waals surface area contributed by atoms with Crippen molar-refractivity contribution in [3.63, 3.8) is 0 Å². The minimum absolute atomic E-state index is 0.282. The molecule has 132 valence electrons. The van der Waals surface area contributed by atoms with Gasteiger partial charge in [-0.3, -0.25) is 0 Å². The van der Waals surface area contributed by atoms with Gasteiger partial charge in [0.1, 0.15) is 0 Å². The van der Waals surface area contributed by atoms with Crippen molar-refractivity contribution in [3.05, 3.63) is 70.3 Å². The first-order valence-electron chi connectivity index (χ1n) is 9.90. The van der Waals surface area contributed by atoms with Crippen molar-refractivity contribution in [1.82, 2.24) is 0 Å². The monoisotopic (exact) mass is 334 g/mol. The zero-order valence-corrected chi connectivity index (χ0v) is 15.7. The fourth-order valence-corrected chi connectivity index (χ4v) is 5.00. The van der Waals surface area contributed by atoms with Crippen LogP contribution in [0.5, 0.6) is 0 Å². The summed E-state index contributed by atoms with van der Waals surface area (Å²) in [6.07, 6.45) is 4.20. The van der Waals surface area contributed by atoms with Gasteiger partial charge in [0.15, 0.2) is 0 Å². The molecule has 2 aromatic carbocycles. The smallest absolute Gasteiger partial charge is 0.0798 e. The molecule has 0 amide bonds. The van der Waals surface area contributed by atoms with Crippen LogP contribution < -0.4 is 0 Å². The van der Waals surface area contributed by atoms with Gasteiger partial charge in [0.05, 0.1) is 6.10 Å². The Morgan fingerprint density at radius 1 is 0.960 bits per heavy atom. The molecule has 4 rings (SSSR count). The molecule has 0 spiro atoms. The Morgan fingerprint density at radius 3 is 2.44 bits per heavy atom. The van der Waals surface area contributed by atoms with Gasteiger partial charge in [-0.15, -0.1) is 0 Å². The van der Waals surface area contributed by atoms with Gasteiger partial charge in [0.2, 0.25) is 0 Å². The highest BCUT2D eigenvalue weighted by Gasteiger charge is 2.33. The summed E-state index contributed by atoms with van der Waals surface area (Å²) in [5.41, 5.74) is 7.12. The Kier molecular flexibility index (Phi) is 4.45. The van der Waals surface area contributed by atoms with E-state index in [0.29, 0.717) is 11.8 Å². The number of aliphatic hydroxyl groups is 1. The van der Waals surface area contributed by atoms with Gasteiger partial charge < -0.3 is 5.11 Å². The molecule has 2 aromatic rings. The standard InChI is InChI=1S/C24H30O/c1-15(2)19-12-18-9-8-17(11-20(18)13-19)10-16(3)23-14-24(25)22-7-5-4-6-21(22)23/h4-9,11,15-16,19,23-25H,10,12-14H2,1-3H3. The van der Waals surface area contributed by atoms with Crippen LogP contribution in [0.25, 0.3) is 0 Å². The lowest BCUT2D eigenvalue weighted by Gasteiger charge is -2.21. The van der Waals surface area contributed by atoms with Crippen molar-refractivity contribution in [3.8, 4) is 0 Å². The van der Waals surface area contributed by atoms with Gasteiger partial charge >= 0.3 is 0 Å². The molecule has 0 aromatic heterocycles. The topological polar surface area (TPSA) is 20.2 Å². The van der Waals surface area contributed by atoms with Crippen molar-refractivity contribution in [2.45, 2.75) is 58.5 Å². The minimum atomic E-state index is -0.282. The van der Waals surface area contributed by atoms with Gasteiger partial charge in [0.25, 0.3) is 0 Å². The number of hydrogen-bond acceptors (Lipinski definition) is 1. The SMILES string of the molecule is CC(C)C1Cc2ccc(CC(C)C3CC(O)c4ccccc43)cc2C1. The summed E-state index contributed by atoms with van der Waals surface area (Å²) < 4.78 is 0. The van der Waals surface area contributed by atoms with Crippen molar-refractivity contribution in [1.29, 1.82) is 0 Å². The summed E-state index contributed by atoms with van der Waals surface area (Å²) in [4.78, 5) is 0. The molecule has 1 nitrogen and oxygen atoms in total. The van der Waals surface area contributed by atoms with Crippen LogP contribution in [0.4, 0.5) is 0 Å². The molecule has 0 saturated heterocycles. The van der Waals surface area contributed by atoms with Crippen LogP contribution in [0.2, 0.25) is 0 Å². The summed E-state index contributed by atoms with van der Waals surface area (Å²) in [6, 6.07) is 15.6. The second kappa shape index (κ2) is 6.61. The summed E-state index contributed by atoms with van der Waals surface area (Å²) in [5, 5.41) is 10.4. The predicted octanol–water partition coefficient (Wildman–Crippen LogP) is 5.46. The number of benzene rings is 2. The fraction of sp³-hybridized carbons (Fsp3) is 0.500. The molecule has 0 bridgehead atoms. The van der Waals surface area contributed by atoms with Gasteiger partial charge in [-0.1, -0.05) is 63.2 Å². The molecule has 2 aliphatic carbocycles. The van der Waals surface area contributed by atoms with E-state index < -0.39 is 0 Å². The third-order valence-electron chi connectivity index (χ3n) is 6.65. The molecule has 0 heterocycles. The summed E-state index contributed by atoms with van der Waals surface area (Å²) in [5.74, 6) is 2.62. The van der Waals surface area contributed by atoms with E-state index in [4.69, 9.17) is 0 Å². The molecular formula is C24H30O. The third-order valence-corrected chi connectivity index (χ3v) is 6.65. The number of rotatable bonds is 4. The molecule has 2 aliphatic rings. The van der Waals surface area contributed by atoms with Crippen molar-refractivity contribution < 1.29 is 5.11 Å². The average molecular weight is 335 g/mol. The van der Waals surface area contributed by atoms with Crippen LogP contribution in [-0.4, -0.2) is 5.11 Å². The number of fused-ring (bicyclic) bond motifs is 2. The van der Waals surface area contributed by atoms with E-state index >= 15 is 0 Å². The van der Waals surface area contributed by atoms with E-state index in [2.05, 4.69) is 57.2 Å². The molecule has 25 heavy (non-hydrogen) atoms. The maximum atomic E-state index is 10.4. The second-order valence-electron chi connectivity index (χ2n) is 8.68. The first-order valence-corrected chi connectivity index (χ1v) is 9.90. The molecule has 0 fully saturated rings. The Balaban J connectivity index is 1.50. The quantitative estimate of drug-likeness (QED) is 0.787. The molecule has 0 saturated carbocycles. The van der Waals surface area contributed by atoms with Gasteiger partial charge in [-0.05, 0) is 77.2 Å². The Bertz CT molecular complexity index is 760. The van der Waals surface area contributed by atoms with E-state index in [1.165, 1.54) is 24.0 Å². The fourth-order valence-electron chi connectivity index (χ4n) is 5.00. The second-order valence-corrected chi connectivity index (χ2v) is 8.68. The zero-order valence-electron chi connectivity index (χ0n) is 15.7. The Hall–Kier alpha value is -1.60. The van der Waals surface area contributed by atoms with E-state index in [-0.39, 0.29) is 6.10 Å². The van der Waals surface area contributed by atoms with Crippen LogP contribution in [0.15, 0.2) is 42.5 Å². The Morgan fingerprint density at radius 2 is 1.68 bits per heavy atom. The molecule has 4 atom stereocenters. The molecule has 0 aliphatic heterocycles. The van der Waals surface area contributed by atoms with Crippen molar-refractivity contribution in [2.75, 3.05) is 0 Å². The van der Waals surface area contributed by atoms with Crippen molar-refractivity contribution >= 4 is 0 Å². The molecule has 1 N–H and O–H groups in total. The largest absolute Gasteiger partial charge is 0.388 e. The molecule has 4 unspecified atom stereocenters. The minimum Gasteiger partial charge on any atom is -0.388 e. The first kappa shape index (κ1) is 16.8. The van der Waals surface area contributed by atoms with Crippen LogP contribution in [0.1, 0.15) is 67.0 Å². The van der Waals surface area contributed by atoms with E-state index in [0.717, 1.165) is 30.2 Å². The third kappa shape index (κ3) is 3.15. The highest BCUT2D eigenvalue weighted by Crippen LogP contribution is 2.45. The molecule has 1 heteroatoms. The van der Waals surface area contributed by atoms with Crippen molar-refractivity contribution in [2.24, 2.45) is 17.8 Å². The van der Waals surface area contributed by atoms with Crippen LogP contribution in [-0.2, 0) is 19.3 Å². The maximum Gasteiger partial charge on any atom is 0.0798 e. The Labute approximate surface area is 152 Å². The average Bonchev–Trinajstić information content (AvgIpc) is 3.16. The first-order chi connectivity index (χ1) is 12.0. The van der Waals surface area contributed by atoms with Gasteiger partial charge in [0, 0.05) is 0 Å². The summed E-state index contributed by atoms with van der Waals surface area (Å²) in [6.45, 7) is 7.05. The normalized spacial score (nSPS) is 25.9. The predicted molar refractivity (Wildman–Crippen MR) is 104 cm³/mol. The van der Waals surface area contributed by atoms with Gasteiger partial charge in [-0.2, -0.15) is 0 Å². The summed E-state index contributed by atoms with van der Waals surface area (Å²) >= 11 is 0. The lowest BCUT2D eigenvalue weighted by Crippen LogP contribution is -2.10. The molecular weight excluding hydrogens is 304 g/mol. The summed E-state index contributed by atoms with van der Waals surface area (Å²) in [7, 11) is 0. The maximum absolute atomic E-state index is 10.4. The zero-order chi connectivity index (χ0) is 17.6. The lowest BCUT2D eigenvalue weighted by molar-refractivity contribution is 0.166. The van der Waals surface area contributed by atoms with Crippen LogP contribution in [0.3, 0.4) is 0 Å². The van der Waals surface area contributed by atoms with Crippen LogP contribution >= 0.6 is 0 Å². The highest BCUT2D eigenvalue weighted by atomic mass is 16.3. The lowest BCUT2D eigenvalue weighted by atomic mass is 9.84. The number of aliphatic hydroxyl groups excluding tert-OH is 1. The van der Waals surface area contributed by atoms with E-state index in [1.54, 1.807) is 11.1 Å². The van der Waals surface area contributed by atoms with Gasteiger partial charge in [-0.25, -0.2) is 0 Å². The molecule has 0 radical (unpaired) electrons.